The smallest absolute Gasteiger partial charge is 0.302 e. The van der Waals surface area contributed by atoms with Crippen molar-refractivity contribution in [1.82, 2.24) is 5.43 Å². The summed E-state index contributed by atoms with van der Waals surface area (Å²) in [5.41, 5.74) is 13.0. The predicted molar refractivity (Wildman–Crippen MR) is 83.6 cm³/mol. The van der Waals surface area contributed by atoms with Crippen molar-refractivity contribution in [2.24, 2.45) is 10.8 Å². The first-order valence-corrected chi connectivity index (χ1v) is 6.55. The molecule has 0 spiro atoms. The maximum absolute atomic E-state index is 11.0. The zero-order chi connectivity index (χ0) is 15.3. The van der Waals surface area contributed by atoms with E-state index in [0.29, 0.717) is 0 Å². The molecule has 3 N–H and O–H groups in total. The van der Waals surface area contributed by atoms with Gasteiger partial charge in [-0.3, -0.25) is 10.2 Å². The number of hydrazone groups is 1. The van der Waals surface area contributed by atoms with Gasteiger partial charge in [-0.05, 0) is 55.2 Å². The van der Waals surface area contributed by atoms with Crippen LogP contribution >= 0.6 is 12.2 Å². The van der Waals surface area contributed by atoms with E-state index in [0.717, 1.165) is 27.8 Å². The van der Waals surface area contributed by atoms with Crippen LogP contribution in [-0.2, 0) is 16.1 Å². The zero-order valence-electron chi connectivity index (χ0n) is 12.1. The lowest BCUT2D eigenvalue weighted by Crippen LogP contribution is -2.24. The number of hydrogen-bond acceptors (Lipinski definition) is 4. The number of hydrogen-bond donors (Lipinski definition) is 2. The molecule has 1 aromatic rings. The number of benzene rings is 1. The Hall–Kier alpha value is -1.95. The lowest BCUT2D eigenvalue weighted by Gasteiger charge is -2.14. The highest BCUT2D eigenvalue weighted by Crippen LogP contribution is 2.22. The maximum Gasteiger partial charge on any atom is 0.302 e. The summed E-state index contributed by atoms with van der Waals surface area (Å²) in [5.74, 6) is -0.297. The Kier molecular flexibility index (Phi) is 5.64. The van der Waals surface area contributed by atoms with Gasteiger partial charge in [-0.2, -0.15) is 5.10 Å². The number of thiocarbonyl (C=S) groups is 1. The second-order valence-corrected chi connectivity index (χ2v) is 4.98. The topological polar surface area (TPSA) is 76.7 Å². The molecule has 20 heavy (non-hydrogen) atoms. The van der Waals surface area contributed by atoms with E-state index in [1.807, 2.05) is 26.8 Å². The molecule has 5 nitrogen and oxygen atoms in total. The monoisotopic (exact) mass is 293 g/mol. The van der Waals surface area contributed by atoms with Crippen LogP contribution in [-0.4, -0.2) is 17.3 Å². The van der Waals surface area contributed by atoms with Gasteiger partial charge < -0.3 is 10.5 Å². The standard InChI is InChI=1S/C14H19N3O2S/c1-8-5-9(2)13(7-19-11(4)18)10(3)12(8)6-16-17-14(15)20/h5-6H,7H2,1-4H3,(H3,15,17,20). The highest BCUT2D eigenvalue weighted by molar-refractivity contribution is 7.80. The first kappa shape index (κ1) is 16.1. The van der Waals surface area contributed by atoms with Crippen LogP contribution in [0.1, 0.15) is 34.7 Å². The molecule has 0 fully saturated rings. The molecular weight excluding hydrogens is 274 g/mol. The average Bonchev–Trinajstić information content (AvgIpc) is 2.32. The van der Waals surface area contributed by atoms with Crippen molar-refractivity contribution in [1.29, 1.82) is 0 Å². The summed E-state index contributed by atoms with van der Waals surface area (Å²) in [6, 6.07) is 2.04. The van der Waals surface area contributed by atoms with E-state index >= 15 is 0 Å². The second kappa shape index (κ2) is 7.00. The minimum atomic E-state index is -0.297. The highest BCUT2D eigenvalue weighted by Gasteiger charge is 2.11. The van der Waals surface area contributed by atoms with Crippen LogP contribution < -0.4 is 11.2 Å². The van der Waals surface area contributed by atoms with Gasteiger partial charge in [-0.1, -0.05) is 6.07 Å². The molecule has 0 radical (unpaired) electrons. The van der Waals surface area contributed by atoms with E-state index < -0.39 is 0 Å². The average molecular weight is 293 g/mol. The molecule has 0 aliphatic carbocycles. The summed E-state index contributed by atoms with van der Waals surface area (Å²) in [6.07, 6.45) is 1.67. The van der Waals surface area contributed by atoms with Crippen molar-refractivity contribution in [3.8, 4) is 0 Å². The van der Waals surface area contributed by atoms with Crippen LogP contribution in [0.15, 0.2) is 11.2 Å². The molecule has 0 aliphatic rings. The molecule has 0 saturated carbocycles. The van der Waals surface area contributed by atoms with Gasteiger partial charge in [0.1, 0.15) is 6.61 Å². The van der Waals surface area contributed by atoms with Crippen molar-refractivity contribution in [3.05, 3.63) is 33.9 Å². The van der Waals surface area contributed by atoms with Gasteiger partial charge in [0.15, 0.2) is 5.11 Å². The van der Waals surface area contributed by atoms with E-state index in [2.05, 4.69) is 22.7 Å². The molecule has 0 saturated heterocycles. The molecular formula is C14H19N3O2S. The number of aryl methyl sites for hydroxylation is 2. The maximum atomic E-state index is 11.0. The molecule has 0 amide bonds. The molecule has 0 heterocycles. The summed E-state index contributed by atoms with van der Waals surface area (Å²) in [6.45, 7) is 7.62. The zero-order valence-corrected chi connectivity index (χ0v) is 12.9. The van der Waals surface area contributed by atoms with E-state index in [1.165, 1.54) is 6.92 Å². The predicted octanol–water partition coefficient (Wildman–Crippen LogP) is 1.84. The quantitative estimate of drug-likeness (QED) is 0.383. The summed E-state index contributed by atoms with van der Waals surface area (Å²) in [4.78, 5) is 11.0. The summed E-state index contributed by atoms with van der Waals surface area (Å²) in [7, 11) is 0. The SMILES string of the molecule is CC(=O)OCc1c(C)cc(C)c(C=NNC(N)=S)c1C. The van der Waals surface area contributed by atoms with Crippen LogP contribution in [0, 0.1) is 20.8 Å². The molecule has 1 rings (SSSR count). The summed E-state index contributed by atoms with van der Waals surface area (Å²) < 4.78 is 5.09. The minimum Gasteiger partial charge on any atom is -0.461 e. The number of carbonyl (C=O) groups excluding carboxylic acids is 1. The van der Waals surface area contributed by atoms with Gasteiger partial charge in [-0.15, -0.1) is 0 Å². The Labute approximate surface area is 124 Å². The lowest BCUT2D eigenvalue weighted by atomic mass is 9.94. The fourth-order valence-electron chi connectivity index (χ4n) is 2.00. The Morgan fingerprint density at radius 1 is 1.45 bits per heavy atom. The van der Waals surface area contributed by atoms with Gasteiger partial charge in [0.25, 0.3) is 0 Å². The van der Waals surface area contributed by atoms with Gasteiger partial charge >= 0.3 is 5.97 Å². The van der Waals surface area contributed by atoms with Gasteiger partial charge in [0.2, 0.25) is 0 Å². The molecule has 0 aliphatic heterocycles. The number of nitrogens with zero attached hydrogens (tertiary/aromatic N) is 1. The second-order valence-electron chi connectivity index (χ2n) is 4.54. The number of nitrogens with two attached hydrogens (primary N) is 1. The van der Waals surface area contributed by atoms with Crippen molar-refractivity contribution in [2.45, 2.75) is 34.3 Å². The van der Waals surface area contributed by atoms with E-state index in [-0.39, 0.29) is 17.7 Å². The molecule has 108 valence electrons. The summed E-state index contributed by atoms with van der Waals surface area (Å²) >= 11 is 4.69. The Morgan fingerprint density at radius 3 is 2.65 bits per heavy atom. The van der Waals surface area contributed by atoms with Crippen LogP contribution in [0.5, 0.6) is 0 Å². The third kappa shape index (κ3) is 4.31. The largest absolute Gasteiger partial charge is 0.461 e. The third-order valence-electron chi connectivity index (χ3n) is 2.98. The third-order valence-corrected chi connectivity index (χ3v) is 3.07. The molecule has 0 aromatic heterocycles. The molecule has 1 aromatic carbocycles. The van der Waals surface area contributed by atoms with Crippen molar-refractivity contribution in [3.63, 3.8) is 0 Å². The fourth-order valence-corrected chi connectivity index (χ4v) is 2.05. The Bertz CT molecular complexity index is 568. The molecule has 6 heteroatoms. The lowest BCUT2D eigenvalue weighted by molar-refractivity contribution is -0.142. The van der Waals surface area contributed by atoms with Gasteiger partial charge in [0, 0.05) is 12.5 Å². The van der Waals surface area contributed by atoms with Gasteiger partial charge in [0.05, 0.1) is 6.21 Å². The molecule has 0 unspecified atom stereocenters. The van der Waals surface area contributed by atoms with Crippen molar-refractivity contribution in [2.75, 3.05) is 0 Å². The number of rotatable bonds is 4. The van der Waals surface area contributed by atoms with Crippen molar-refractivity contribution < 1.29 is 9.53 Å². The highest BCUT2D eigenvalue weighted by atomic mass is 32.1. The Balaban J connectivity index is 3.11. The molecule has 0 atom stereocenters. The van der Waals surface area contributed by atoms with E-state index in [1.54, 1.807) is 6.21 Å². The first-order chi connectivity index (χ1) is 9.32. The van der Waals surface area contributed by atoms with Gasteiger partial charge in [-0.25, -0.2) is 0 Å². The number of carbonyl (C=O) groups is 1. The van der Waals surface area contributed by atoms with E-state index in [4.69, 9.17) is 10.5 Å². The number of esters is 1. The normalized spacial score (nSPS) is 10.6. The first-order valence-electron chi connectivity index (χ1n) is 6.14. The van der Waals surface area contributed by atoms with Crippen LogP contribution in [0.3, 0.4) is 0 Å². The Morgan fingerprint density at radius 2 is 2.10 bits per heavy atom. The van der Waals surface area contributed by atoms with Crippen molar-refractivity contribution >= 4 is 29.5 Å². The fraction of sp³-hybridized carbons (Fsp3) is 0.357. The van der Waals surface area contributed by atoms with E-state index in [9.17, 15) is 4.79 Å². The van der Waals surface area contributed by atoms with Crippen LogP contribution in [0.25, 0.3) is 0 Å². The summed E-state index contributed by atoms with van der Waals surface area (Å²) in [5, 5.41) is 4.09. The minimum absolute atomic E-state index is 0.115. The molecule has 0 bridgehead atoms. The van der Waals surface area contributed by atoms with Crippen LogP contribution in [0.4, 0.5) is 0 Å². The number of nitrogens with one attached hydrogen (secondary N) is 1. The van der Waals surface area contributed by atoms with Crippen LogP contribution in [0.2, 0.25) is 0 Å². The number of ether oxygens (including phenoxy) is 1.